The second-order valence-electron chi connectivity index (χ2n) is 7.93. The lowest BCUT2D eigenvalue weighted by Crippen LogP contribution is -2.33. The van der Waals surface area contributed by atoms with E-state index in [1.165, 1.54) is 5.56 Å². The van der Waals surface area contributed by atoms with Crippen LogP contribution in [0.4, 0.5) is 0 Å². The summed E-state index contributed by atoms with van der Waals surface area (Å²) < 4.78 is 11.3. The van der Waals surface area contributed by atoms with Crippen molar-refractivity contribution >= 4 is 5.91 Å². The van der Waals surface area contributed by atoms with Gasteiger partial charge in [-0.1, -0.05) is 61.0 Å². The van der Waals surface area contributed by atoms with E-state index >= 15 is 0 Å². The van der Waals surface area contributed by atoms with E-state index in [9.17, 15) is 4.79 Å². The molecule has 4 nitrogen and oxygen atoms in total. The standard InChI is InChI=1S/C27H29NO3/c1-30-24-15-9-16-25(31-2)27(24)23-14-6-7-17-26(29)28(23)19-20-10-8-13-22(18-20)21-11-4-3-5-12-21/h3-5,8-13,15-16,18,23H,6-7,14,17,19H2,1-2H3. The molecule has 3 aromatic rings. The Labute approximate surface area is 184 Å². The van der Waals surface area contributed by atoms with Gasteiger partial charge in [0.15, 0.2) is 0 Å². The van der Waals surface area contributed by atoms with Crippen LogP contribution >= 0.6 is 0 Å². The van der Waals surface area contributed by atoms with Crippen molar-refractivity contribution in [2.24, 2.45) is 0 Å². The Morgan fingerprint density at radius 2 is 1.52 bits per heavy atom. The summed E-state index contributed by atoms with van der Waals surface area (Å²) >= 11 is 0. The maximum atomic E-state index is 13.2. The second kappa shape index (κ2) is 9.69. The Hall–Kier alpha value is -3.27. The van der Waals surface area contributed by atoms with E-state index in [1.54, 1.807) is 14.2 Å². The van der Waals surface area contributed by atoms with E-state index in [0.29, 0.717) is 13.0 Å². The number of hydrogen-bond donors (Lipinski definition) is 0. The minimum Gasteiger partial charge on any atom is -0.496 e. The predicted octanol–water partition coefficient (Wildman–Crippen LogP) is 6.01. The third kappa shape index (κ3) is 4.58. The average molecular weight is 416 g/mol. The van der Waals surface area contributed by atoms with Crippen molar-refractivity contribution in [3.8, 4) is 22.6 Å². The van der Waals surface area contributed by atoms with E-state index in [4.69, 9.17) is 9.47 Å². The van der Waals surface area contributed by atoms with Crippen LogP contribution < -0.4 is 9.47 Å². The van der Waals surface area contributed by atoms with Gasteiger partial charge in [-0.3, -0.25) is 4.79 Å². The minimum atomic E-state index is -0.0820. The molecule has 0 aromatic heterocycles. The first-order valence-corrected chi connectivity index (χ1v) is 10.9. The van der Waals surface area contributed by atoms with Crippen molar-refractivity contribution in [1.29, 1.82) is 0 Å². The number of amides is 1. The largest absolute Gasteiger partial charge is 0.496 e. The molecule has 1 amide bonds. The summed E-state index contributed by atoms with van der Waals surface area (Å²) in [5.74, 6) is 1.71. The summed E-state index contributed by atoms with van der Waals surface area (Å²) in [4.78, 5) is 15.2. The van der Waals surface area contributed by atoms with Crippen LogP contribution in [0.25, 0.3) is 11.1 Å². The van der Waals surface area contributed by atoms with Crippen LogP contribution in [-0.4, -0.2) is 25.0 Å². The quantitative estimate of drug-likeness (QED) is 0.494. The van der Waals surface area contributed by atoms with Gasteiger partial charge in [0.2, 0.25) is 5.91 Å². The van der Waals surface area contributed by atoms with Gasteiger partial charge >= 0.3 is 0 Å². The molecule has 0 radical (unpaired) electrons. The first-order chi connectivity index (χ1) is 15.2. The van der Waals surface area contributed by atoms with Gasteiger partial charge in [0.1, 0.15) is 11.5 Å². The van der Waals surface area contributed by atoms with Gasteiger partial charge in [-0.2, -0.15) is 0 Å². The van der Waals surface area contributed by atoms with Crippen LogP contribution in [0.3, 0.4) is 0 Å². The Morgan fingerprint density at radius 1 is 0.839 bits per heavy atom. The summed E-state index contributed by atoms with van der Waals surface area (Å²) in [5.41, 5.74) is 4.42. The van der Waals surface area contributed by atoms with Gasteiger partial charge in [0.05, 0.1) is 25.8 Å². The summed E-state index contributed by atoms with van der Waals surface area (Å²) in [6.45, 7) is 0.561. The number of hydrogen-bond acceptors (Lipinski definition) is 3. The molecule has 1 unspecified atom stereocenters. The lowest BCUT2D eigenvalue weighted by atomic mass is 9.97. The van der Waals surface area contributed by atoms with Gasteiger partial charge in [-0.15, -0.1) is 0 Å². The molecule has 4 heteroatoms. The fourth-order valence-electron chi connectivity index (χ4n) is 4.47. The van der Waals surface area contributed by atoms with E-state index < -0.39 is 0 Å². The maximum Gasteiger partial charge on any atom is 0.223 e. The second-order valence-corrected chi connectivity index (χ2v) is 7.93. The molecule has 3 aromatic carbocycles. The predicted molar refractivity (Wildman–Crippen MR) is 123 cm³/mol. The zero-order valence-corrected chi connectivity index (χ0v) is 18.2. The molecule has 160 valence electrons. The van der Waals surface area contributed by atoms with Gasteiger partial charge in [-0.25, -0.2) is 0 Å². The lowest BCUT2D eigenvalue weighted by molar-refractivity contribution is -0.133. The summed E-state index contributed by atoms with van der Waals surface area (Å²) in [5, 5.41) is 0. The molecule has 4 rings (SSSR count). The maximum absolute atomic E-state index is 13.2. The van der Waals surface area contributed by atoms with Crippen LogP contribution in [0.15, 0.2) is 72.8 Å². The van der Waals surface area contributed by atoms with Gasteiger partial charge in [0, 0.05) is 13.0 Å². The fourth-order valence-corrected chi connectivity index (χ4v) is 4.47. The number of benzene rings is 3. The molecule has 1 aliphatic rings. The molecule has 0 saturated carbocycles. The van der Waals surface area contributed by atoms with Gasteiger partial charge in [0.25, 0.3) is 0 Å². The fraction of sp³-hybridized carbons (Fsp3) is 0.296. The number of ether oxygens (including phenoxy) is 2. The van der Waals surface area contributed by atoms with Crippen molar-refractivity contribution in [3.63, 3.8) is 0 Å². The van der Waals surface area contributed by atoms with Crippen molar-refractivity contribution in [2.75, 3.05) is 14.2 Å². The molecule has 0 N–H and O–H groups in total. The summed E-state index contributed by atoms with van der Waals surface area (Å²) in [7, 11) is 3.34. The molecular formula is C27H29NO3. The van der Waals surface area contributed by atoms with E-state index in [-0.39, 0.29) is 11.9 Å². The number of carbonyl (C=O) groups is 1. The number of rotatable bonds is 6. The number of nitrogens with zero attached hydrogens (tertiary/aromatic N) is 1. The van der Waals surface area contributed by atoms with Crippen molar-refractivity contribution in [1.82, 2.24) is 4.90 Å². The molecule has 1 saturated heterocycles. The SMILES string of the molecule is COc1cccc(OC)c1C1CCCCC(=O)N1Cc1cccc(-c2ccccc2)c1. The van der Waals surface area contributed by atoms with Crippen LogP contribution in [0.1, 0.15) is 42.9 Å². The number of likely N-dealkylation sites (tertiary alicyclic amines) is 1. The minimum absolute atomic E-state index is 0.0820. The van der Waals surface area contributed by atoms with Gasteiger partial charge in [-0.05, 0) is 47.7 Å². The zero-order valence-electron chi connectivity index (χ0n) is 18.2. The molecule has 0 aliphatic carbocycles. The molecule has 0 spiro atoms. The van der Waals surface area contributed by atoms with E-state index in [0.717, 1.165) is 47.5 Å². The first kappa shape index (κ1) is 21.0. The Morgan fingerprint density at radius 3 is 2.23 bits per heavy atom. The number of methoxy groups -OCH3 is 2. The number of carbonyl (C=O) groups excluding carboxylic acids is 1. The van der Waals surface area contributed by atoms with Gasteiger partial charge < -0.3 is 14.4 Å². The third-order valence-electron chi connectivity index (χ3n) is 6.00. The van der Waals surface area contributed by atoms with Crippen molar-refractivity contribution < 1.29 is 14.3 Å². The Kier molecular flexibility index (Phi) is 6.56. The third-order valence-corrected chi connectivity index (χ3v) is 6.00. The topological polar surface area (TPSA) is 38.8 Å². The highest BCUT2D eigenvalue weighted by molar-refractivity contribution is 5.77. The van der Waals surface area contributed by atoms with Crippen LogP contribution in [0, 0.1) is 0 Å². The molecule has 1 aliphatic heterocycles. The Bertz CT molecular complexity index is 1010. The Balaban J connectivity index is 1.71. The highest BCUT2D eigenvalue weighted by Gasteiger charge is 2.32. The average Bonchev–Trinajstić information content (AvgIpc) is 3.00. The van der Waals surface area contributed by atoms with E-state index in [2.05, 4.69) is 36.4 Å². The van der Waals surface area contributed by atoms with Crippen molar-refractivity contribution in [3.05, 3.63) is 83.9 Å². The summed E-state index contributed by atoms with van der Waals surface area (Å²) in [6, 6.07) is 24.5. The smallest absolute Gasteiger partial charge is 0.223 e. The van der Waals surface area contributed by atoms with E-state index in [1.807, 2.05) is 41.3 Å². The lowest BCUT2D eigenvalue weighted by Gasteiger charge is -2.32. The van der Waals surface area contributed by atoms with Crippen molar-refractivity contribution in [2.45, 2.75) is 38.3 Å². The zero-order chi connectivity index (χ0) is 21.6. The van der Waals surface area contributed by atoms with Crippen LogP contribution in [0.2, 0.25) is 0 Å². The molecule has 31 heavy (non-hydrogen) atoms. The first-order valence-electron chi connectivity index (χ1n) is 10.9. The molecule has 0 bridgehead atoms. The molecule has 1 atom stereocenters. The van der Waals surface area contributed by atoms with Crippen LogP contribution in [0.5, 0.6) is 11.5 Å². The molecule has 1 fully saturated rings. The monoisotopic (exact) mass is 415 g/mol. The molecule has 1 heterocycles. The molecular weight excluding hydrogens is 386 g/mol. The highest BCUT2D eigenvalue weighted by atomic mass is 16.5. The van der Waals surface area contributed by atoms with Crippen LogP contribution in [-0.2, 0) is 11.3 Å². The summed E-state index contributed by atoms with van der Waals surface area (Å²) in [6.07, 6.45) is 3.37. The normalized spacial score (nSPS) is 16.6. The highest BCUT2D eigenvalue weighted by Crippen LogP contribution is 2.42.